The summed E-state index contributed by atoms with van der Waals surface area (Å²) in [4.78, 5) is 4.52. The molecule has 0 saturated heterocycles. The van der Waals surface area contributed by atoms with Crippen LogP contribution in [0.3, 0.4) is 0 Å². The van der Waals surface area contributed by atoms with Crippen LogP contribution in [0.1, 0.15) is 31.1 Å². The molecule has 34 heavy (non-hydrogen) atoms. The molecule has 0 aliphatic rings. The van der Waals surface area contributed by atoms with Crippen LogP contribution in [-0.4, -0.2) is 18.0 Å². The molecule has 1 N–H and O–H groups in total. The summed E-state index contributed by atoms with van der Waals surface area (Å²) in [5.74, 6) is 1.91. The van der Waals surface area contributed by atoms with Crippen molar-refractivity contribution in [1.82, 2.24) is 14.3 Å². The van der Waals surface area contributed by atoms with Gasteiger partial charge in [-0.1, -0.05) is 35.9 Å². The molecule has 0 amide bonds. The molecule has 0 bridgehead atoms. The minimum Gasteiger partial charge on any atom is -0.457 e. The van der Waals surface area contributed by atoms with E-state index < -0.39 is 16.1 Å². The summed E-state index contributed by atoms with van der Waals surface area (Å²) in [6, 6.07) is 23.2. The van der Waals surface area contributed by atoms with Gasteiger partial charge in [-0.3, -0.25) is 4.57 Å². The van der Waals surface area contributed by atoms with Gasteiger partial charge in [0.1, 0.15) is 17.2 Å². The predicted molar refractivity (Wildman–Crippen MR) is 131 cm³/mol. The maximum absolute atomic E-state index is 13.0. The van der Waals surface area contributed by atoms with Crippen molar-refractivity contribution in [2.24, 2.45) is 0 Å². The van der Waals surface area contributed by atoms with Gasteiger partial charge in [-0.25, -0.2) is 18.1 Å². The standard InChI is InChI=1S/C26H27N3O4S/c1-4-29-25(18-27-26(29)33-23-12-10-19(2)11-13-23)20(3)28-34(30,31)24-16-14-22(15-17-24)32-21-8-6-5-7-9-21/h5-18,20,28H,4H2,1-3H3. The van der Waals surface area contributed by atoms with E-state index in [-0.39, 0.29) is 4.90 Å². The Morgan fingerprint density at radius 1 is 0.882 bits per heavy atom. The molecule has 0 saturated carbocycles. The van der Waals surface area contributed by atoms with Crippen LogP contribution in [0.2, 0.25) is 0 Å². The van der Waals surface area contributed by atoms with E-state index in [2.05, 4.69) is 9.71 Å². The average molecular weight is 478 g/mol. The van der Waals surface area contributed by atoms with Crippen LogP contribution in [0.4, 0.5) is 0 Å². The molecule has 0 aliphatic carbocycles. The zero-order chi connectivity index (χ0) is 24.1. The highest BCUT2D eigenvalue weighted by Crippen LogP contribution is 2.27. The molecule has 4 rings (SSSR count). The number of hydrogen-bond donors (Lipinski definition) is 1. The Morgan fingerprint density at radius 3 is 2.12 bits per heavy atom. The van der Waals surface area contributed by atoms with Crippen molar-refractivity contribution in [2.45, 2.75) is 38.3 Å². The van der Waals surface area contributed by atoms with Crippen LogP contribution < -0.4 is 14.2 Å². The summed E-state index contributed by atoms with van der Waals surface area (Å²) < 4.78 is 42.3. The fourth-order valence-corrected chi connectivity index (χ4v) is 4.72. The second-order valence-electron chi connectivity index (χ2n) is 7.85. The lowest BCUT2D eigenvalue weighted by Gasteiger charge is -2.17. The number of aromatic nitrogens is 2. The first-order valence-electron chi connectivity index (χ1n) is 11.0. The van der Waals surface area contributed by atoms with Gasteiger partial charge in [-0.2, -0.15) is 0 Å². The van der Waals surface area contributed by atoms with Gasteiger partial charge in [0.15, 0.2) is 0 Å². The minimum atomic E-state index is -3.76. The molecule has 1 atom stereocenters. The summed E-state index contributed by atoms with van der Waals surface area (Å²) in [6.07, 6.45) is 1.64. The fraction of sp³-hybridized carbons (Fsp3) is 0.192. The number of ether oxygens (including phenoxy) is 2. The van der Waals surface area contributed by atoms with Crippen molar-refractivity contribution < 1.29 is 17.9 Å². The highest BCUT2D eigenvalue weighted by Gasteiger charge is 2.22. The lowest BCUT2D eigenvalue weighted by Crippen LogP contribution is -2.28. The molecule has 3 aromatic carbocycles. The molecular weight excluding hydrogens is 450 g/mol. The van der Waals surface area contributed by atoms with Crippen molar-refractivity contribution >= 4 is 10.0 Å². The van der Waals surface area contributed by atoms with E-state index in [9.17, 15) is 8.42 Å². The van der Waals surface area contributed by atoms with E-state index >= 15 is 0 Å². The van der Waals surface area contributed by atoms with Crippen molar-refractivity contribution in [3.8, 4) is 23.3 Å². The van der Waals surface area contributed by atoms with E-state index in [1.165, 1.54) is 12.1 Å². The molecule has 0 aliphatic heterocycles. The normalized spacial score (nSPS) is 12.3. The van der Waals surface area contributed by atoms with Crippen LogP contribution in [0, 0.1) is 6.92 Å². The summed E-state index contributed by atoms with van der Waals surface area (Å²) in [7, 11) is -3.76. The number of para-hydroxylation sites is 1. The highest BCUT2D eigenvalue weighted by molar-refractivity contribution is 7.89. The molecule has 0 fully saturated rings. The second-order valence-corrected chi connectivity index (χ2v) is 9.57. The van der Waals surface area contributed by atoms with E-state index in [4.69, 9.17) is 9.47 Å². The topological polar surface area (TPSA) is 82.5 Å². The molecule has 1 heterocycles. The summed E-state index contributed by atoms with van der Waals surface area (Å²) in [6.45, 7) is 6.32. The van der Waals surface area contributed by atoms with Crippen LogP contribution in [0.5, 0.6) is 23.3 Å². The lowest BCUT2D eigenvalue weighted by molar-refractivity contribution is 0.408. The molecule has 1 unspecified atom stereocenters. The summed E-state index contributed by atoms with van der Waals surface area (Å²) >= 11 is 0. The van der Waals surface area contributed by atoms with Crippen LogP contribution in [0.25, 0.3) is 0 Å². The largest absolute Gasteiger partial charge is 0.457 e. The minimum absolute atomic E-state index is 0.151. The Bertz CT molecular complexity index is 1330. The third-order valence-corrected chi connectivity index (χ3v) is 6.84. The maximum atomic E-state index is 13.0. The van der Waals surface area contributed by atoms with Gasteiger partial charge in [-0.05, 0) is 69.3 Å². The number of rotatable bonds is 9. The molecule has 176 valence electrons. The Kier molecular flexibility index (Phi) is 7.00. The second kappa shape index (κ2) is 10.1. The number of aryl methyl sites for hydroxylation is 1. The van der Waals surface area contributed by atoms with Gasteiger partial charge in [-0.15, -0.1) is 0 Å². The molecule has 0 radical (unpaired) electrons. The Morgan fingerprint density at radius 2 is 1.47 bits per heavy atom. The van der Waals surface area contributed by atoms with Crippen LogP contribution in [0.15, 0.2) is 90.0 Å². The molecule has 7 nitrogen and oxygen atoms in total. The smallest absolute Gasteiger partial charge is 0.302 e. The number of imidazole rings is 1. The number of nitrogens with one attached hydrogen (secondary N) is 1. The lowest BCUT2D eigenvalue weighted by atomic mass is 10.2. The van der Waals surface area contributed by atoms with Crippen LogP contribution in [-0.2, 0) is 16.6 Å². The molecule has 8 heteroatoms. The van der Waals surface area contributed by atoms with Gasteiger partial charge in [0.2, 0.25) is 10.0 Å². The predicted octanol–water partition coefficient (Wildman–Crippen LogP) is 5.84. The number of sulfonamides is 1. The van der Waals surface area contributed by atoms with E-state index in [0.717, 1.165) is 5.56 Å². The van der Waals surface area contributed by atoms with E-state index in [1.54, 1.807) is 25.3 Å². The first-order chi connectivity index (χ1) is 16.4. The van der Waals surface area contributed by atoms with Crippen molar-refractivity contribution in [3.05, 3.63) is 96.3 Å². The van der Waals surface area contributed by atoms with Gasteiger partial charge in [0, 0.05) is 6.54 Å². The van der Waals surface area contributed by atoms with E-state index in [0.29, 0.717) is 35.5 Å². The van der Waals surface area contributed by atoms with Crippen LogP contribution >= 0.6 is 0 Å². The highest BCUT2D eigenvalue weighted by atomic mass is 32.2. The third kappa shape index (κ3) is 5.47. The first kappa shape index (κ1) is 23.5. The summed E-state index contributed by atoms with van der Waals surface area (Å²) in [5, 5.41) is 0. The van der Waals surface area contributed by atoms with Crippen molar-refractivity contribution in [3.63, 3.8) is 0 Å². The zero-order valence-corrected chi connectivity index (χ0v) is 20.1. The maximum Gasteiger partial charge on any atom is 0.302 e. The van der Waals surface area contributed by atoms with Gasteiger partial charge in [0.05, 0.1) is 22.8 Å². The van der Waals surface area contributed by atoms with Crippen molar-refractivity contribution in [1.29, 1.82) is 0 Å². The Labute approximate surface area is 200 Å². The fourth-order valence-electron chi connectivity index (χ4n) is 3.50. The Balaban J connectivity index is 1.47. The average Bonchev–Trinajstić information content (AvgIpc) is 3.24. The quantitative estimate of drug-likeness (QED) is 0.328. The molecule has 4 aromatic rings. The molecule has 0 spiro atoms. The molecule has 1 aromatic heterocycles. The SMILES string of the molecule is CCn1c(C(C)NS(=O)(=O)c2ccc(Oc3ccccc3)cc2)cnc1Oc1ccc(C)cc1. The first-order valence-corrected chi connectivity index (χ1v) is 12.5. The Hall–Kier alpha value is -3.62. The van der Waals surface area contributed by atoms with Crippen molar-refractivity contribution in [2.75, 3.05) is 0 Å². The number of hydrogen-bond acceptors (Lipinski definition) is 5. The van der Waals surface area contributed by atoms with Gasteiger partial charge >= 0.3 is 6.01 Å². The van der Waals surface area contributed by atoms with Gasteiger partial charge in [0.25, 0.3) is 0 Å². The number of benzene rings is 3. The molecular formula is C26H27N3O4S. The van der Waals surface area contributed by atoms with Gasteiger partial charge < -0.3 is 9.47 Å². The number of nitrogens with zero attached hydrogens (tertiary/aromatic N) is 2. The monoisotopic (exact) mass is 477 g/mol. The summed E-state index contributed by atoms with van der Waals surface area (Å²) in [5.41, 5.74) is 1.84. The van der Waals surface area contributed by atoms with E-state index in [1.807, 2.05) is 73.0 Å². The zero-order valence-electron chi connectivity index (χ0n) is 19.3. The third-order valence-electron chi connectivity index (χ3n) is 5.28.